The van der Waals surface area contributed by atoms with E-state index in [-0.39, 0.29) is 0 Å². The van der Waals surface area contributed by atoms with E-state index in [0.717, 1.165) is 5.69 Å². The van der Waals surface area contributed by atoms with Crippen molar-refractivity contribution < 1.29 is 4.42 Å². The number of nitrogens with zero attached hydrogens (tertiary/aromatic N) is 2. The van der Waals surface area contributed by atoms with E-state index < -0.39 is 0 Å². The quantitative estimate of drug-likeness (QED) is 0.673. The van der Waals surface area contributed by atoms with Crippen LogP contribution in [0.3, 0.4) is 0 Å². The molecule has 0 aliphatic rings. The summed E-state index contributed by atoms with van der Waals surface area (Å²) in [5, 5.41) is 8.35. The lowest BCUT2D eigenvalue weighted by molar-refractivity contribution is 0.572. The molecule has 0 bridgehead atoms. The number of furan rings is 1. The minimum absolute atomic E-state index is 0.402. The summed E-state index contributed by atoms with van der Waals surface area (Å²) in [6.45, 7) is 0. The summed E-state index contributed by atoms with van der Waals surface area (Å²) in [4.78, 5) is 0. The molecule has 4 heteroatoms. The van der Waals surface area contributed by atoms with Crippen molar-refractivity contribution in [2.24, 2.45) is 10.2 Å². The smallest absolute Gasteiger partial charge is 0.239 e. The first kappa shape index (κ1) is 8.97. The summed E-state index contributed by atoms with van der Waals surface area (Å²) in [6, 6.07) is 11.0. The maximum absolute atomic E-state index is 5.65. The van der Waals surface area contributed by atoms with Crippen LogP contribution in [-0.4, -0.2) is 0 Å². The van der Waals surface area contributed by atoms with Crippen molar-refractivity contribution >= 4 is 23.2 Å². The fraction of sp³-hybridized carbons (Fsp3) is 0. The highest BCUT2D eigenvalue weighted by molar-refractivity contribution is 6.30. The zero-order chi connectivity index (χ0) is 9.80. The summed E-state index contributed by atoms with van der Waals surface area (Å²) in [7, 11) is 0. The van der Waals surface area contributed by atoms with Crippen molar-refractivity contribution in [3.8, 4) is 0 Å². The van der Waals surface area contributed by atoms with Crippen LogP contribution in [0.1, 0.15) is 0 Å². The molecule has 0 saturated carbocycles. The van der Waals surface area contributed by atoms with Crippen LogP contribution >= 0.6 is 11.6 Å². The average molecular weight is 207 g/mol. The van der Waals surface area contributed by atoms with Gasteiger partial charge in [-0.1, -0.05) is 29.8 Å². The second-order valence-electron chi connectivity index (χ2n) is 2.64. The van der Waals surface area contributed by atoms with Crippen LogP contribution in [0.25, 0.3) is 0 Å². The molecule has 2 aromatic rings. The number of benzene rings is 1. The molecule has 0 aliphatic heterocycles. The molecule has 0 amide bonds. The maximum Gasteiger partial charge on any atom is 0.239 e. The van der Waals surface area contributed by atoms with Gasteiger partial charge >= 0.3 is 0 Å². The SMILES string of the molecule is Clc1coc(N=Nc2ccccc2)c1. The van der Waals surface area contributed by atoms with Crippen molar-refractivity contribution in [2.75, 3.05) is 0 Å². The van der Waals surface area contributed by atoms with Gasteiger partial charge in [0.2, 0.25) is 5.88 Å². The molecular formula is C10H7ClN2O. The predicted molar refractivity (Wildman–Crippen MR) is 54.3 cm³/mol. The van der Waals surface area contributed by atoms with Crippen LogP contribution in [0.4, 0.5) is 11.6 Å². The highest BCUT2D eigenvalue weighted by Gasteiger charge is 1.96. The Morgan fingerprint density at radius 3 is 2.50 bits per heavy atom. The number of rotatable bonds is 2. The Hall–Kier alpha value is -1.61. The highest BCUT2D eigenvalue weighted by Crippen LogP contribution is 2.22. The van der Waals surface area contributed by atoms with Gasteiger partial charge in [-0.25, -0.2) is 0 Å². The van der Waals surface area contributed by atoms with Gasteiger partial charge in [-0.15, -0.1) is 10.2 Å². The van der Waals surface area contributed by atoms with Crippen LogP contribution in [0, 0.1) is 0 Å². The summed E-state index contributed by atoms with van der Waals surface area (Å²) >= 11 is 5.65. The first-order valence-electron chi connectivity index (χ1n) is 4.05. The Morgan fingerprint density at radius 1 is 1.07 bits per heavy atom. The second-order valence-corrected chi connectivity index (χ2v) is 3.08. The molecule has 0 N–H and O–H groups in total. The highest BCUT2D eigenvalue weighted by atomic mass is 35.5. The standard InChI is InChI=1S/C10H7ClN2O/c11-8-6-10(14-7-8)13-12-9-4-2-1-3-5-9/h1-7H. The van der Waals surface area contributed by atoms with Crippen molar-refractivity contribution in [1.82, 2.24) is 0 Å². The number of hydrogen-bond donors (Lipinski definition) is 0. The van der Waals surface area contributed by atoms with Crippen molar-refractivity contribution in [1.29, 1.82) is 0 Å². The monoisotopic (exact) mass is 206 g/mol. The number of halogens is 1. The van der Waals surface area contributed by atoms with E-state index in [4.69, 9.17) is 16.0 Å². The third-order valence-corrected chi connectivity index (χ3v) is 1.77. The van der Waals surface area contributed by atoms with Crippen molar-refractivity contribution in [3.05, 3.63) is 47.7 Å². The molecule has 0 fully saturated rings. The van der Waals surface area contributed by atoms with Crippen LogP contribution in [0.2, 0.25) is 5.02 Å². The third kappa shape index (κ3) is 2.20. The molecule has 14 heavy (non-hydrogen) atoms. The Kier molecular flexibility index (Phi) is 2.60. The topological polar surface area (TPSA) is 37.9 Å². The fourth-order valence-electron chi connectivity index (χ4n) is 0.957. The van der Waals surface area contributed by atoms with E-state index in [1.807, 2.05) is 30.3 Å². The number of azo groups is 1. The molecule has 0 saturated heterocycles. The average Bonchev–Trinajstić information content (AvgIpc) is 2.63. The van der Waals surface area contributed by atoms with E-state index in [1.54, 1.807) is 6.07 Å². The fourth-order valence-corrected chi connectivity index (χ4v) is 1.09. The summed E-state index contributed by atoms with van der Waals surface area (Å²) < 4.78 is 4.99. The summed E-state index contributed by atoms with van der Waals surface area (Å²) in [6.07, 6.45) is 1.42. The first-order chi connectivity index (χ1) is 6.84. The van der Waals surface area contributed by atoms with Crippen LogP contribution in [0.5, 0.6) is 0 Å². The molecular weight excluding hydrogens is 200 g/mol. The van der Waals surface area contributed by atoms with Crippen LogP contribution in [-0.2, 0) is 0 Å². The van der Waals surface area contributed by atoms with E-state index in [2.05, 4.69) is 10.2 Å². The van der Waals surface area contributed by atoms with Gasteiger partial charge < -0.3 is 4.42 Å². The summed E-state index contributed by atoms with van der Waals surface area (Å²) in [5.41, 5.74) is 0.778. The molecule has 0 aliphatic carbocycles. The van der Waals surface area contributed by atoms with Gasteiger partial charge in [-0.3, -0.25) is 0 Å². The minimum Gasteiger partial charge on any atom is -0.444 e. The van der Waals surface area contributed by atoms with Gasteiger partial charge in [0.1, 0.15) is 6.26 Å². The Bertz CT molecular complexity index is 436. The first-order valence-corrected chi connectivity index (χ1v) is 4.43. The molecule has 1 aromatic carbocycles. The third-order valence-electron chi connectivity index (χ3n) is 1.57. The summed E-state index contributed by atoms with van der Waals surface area (Å²) in [5.74, 6) is 0.402. The van der Waals surface area contributed by atoms with Gasteiger partial charge in [-0.2, -0.15) is 0 Å². The largest absolute Gasteiger partial charge is 0.444 e. The van der Waals surface area contributed by atoms with Crippen molar-refractivity contribution in [3.63, 3.8) is 0 Å². The molecule has 0 spiro atoms. The van der Waals surface area contributed by atoms with Gasteiger partial charge in [0.25, 0.3) is 0 Å². The van der Waals surface area contributed by atoms with Crippen molar-refractivity contribution in [2.45, 2.75) is 0 Å². The van der Waals surface area contributed by atoms with Gasteiger partial charge in [0, 0.05) is 6.07 Å². The van der Waals surface area contributed by atoms with E-state index in [9.17, 15) is 0 Å². The second kappa shape index (κ2) is 4.07. The molecule has 1 aromatic heterocycles. The maximum atomic E-state index is 5.65. The lowest BCUT2D eigenvalue weighted by Gasteiger charge is -1.87. The van der Waals surface area contributed by atoms with Crippen LogP contribution in [0.15, 0.2) is 57.3 Å². The van der Waals surface area contributed by atoms with Gasteiger partial charge in [0.15, 0.2) is 0 Å². The van der Waals surface area contributed by atoms with E-state index >= 15 is 0 Å². The Balaban J connectivity index is 2.15. The Morgan fingerprint density at radius 2 is 1.86 bits per heavy atom. The number of hydrogen-bond acceptors (Lipinski definition) is 3. The molecule has 0 unspecified atom stereocenters. The molecule has 3 nitrogen and oxygen atoms in total. The molecule has 0 atom stereocenters. The Labute approximate surface area is 86.0 Å². The minimum atomic E-state index is 0.402. The normalized spacial score (nSPS) is 10.9. The van der Waals surface area contributed by atoms with Crippen LogP contribution < -0.4 is 0 Å². The molecule has 70 valence electrons. The molecule has 0 radical (unpaired) electrons. The van der Waals surface area contributed by atoms with E-state index in [1.165, 1.54) is 6.26 Å². The zero-order valence-electron chi connectivity index (χ0n) is 7.22. The molecule has 1 heterocycles. The zero-order valence-corrected chi connectivity index (χ0v) is 7.98. The lowest BCUT2D eigenvalue weighted by atomic mass is 10.3. The van der Waals surface area contributed by atoms with Gasteiger partial charge in [-0.05, 0) is 12.1 Å². The lowest BCUT2D eigenvalue weighted by Crippen LogP contribution is -1.59. The predicted octanol–water partition coefficient (Wildman–Crippen LogP) is 4.35. The van der Waals surface area contributed by atoms with Gasteiger partial charge in [0.05, 0.1) is 10.7 Å². The molecule has 2 rings (SSSR count). The van der Waals surface area contributed by atoms with E-state index in [0.29, 0.717) is 10.9 Å².